The highest BCUT2D eigenvalue weighted by atomic mass is 16.6. The molecule has 2 rings (SSSR count). The molecule has 108 valence electrons. The largest absolute Gasteiger partial charge is 0.493 e. The Hall–Kier alpha value is -3.02. The van der Waals surface area contributed by atoms with Gasteiger partial charge in [-0.05, 0) is 18.2 Å². The minimum Gasteiger partial charge on any atom is -0.493 e. The summed E-state index contributed by atoms with van der Waals surface area (Å²) in [6.07, 6.45) is 0. The lowest BCUT2D eigenvalue weighted by molar-refractivity contribution is 0.0730. The molecule has 0 aliphatic heterocycles. The van der Waals surface area contributed by atoms with Crippen LogP contribution in [0.3, 0.4) is 0 Å². The number of methoxy groups -OCH3 is 1. The summed E-state index contributed by atoms with van der Waals surface area (Å²) >= 11 is 0. The predicted molar refractivity (Wildman–Crippen MR) is 77.3 cm³/mol. The molecule has 6 nitrogen and oxygen atoms in total. The van der Waals surface area contributed by atoms with Crippen LogP contribution in [-0.4, -0.2) is 19.0 Å². The Kier molecular flexibility index (Phi) is 4.08. The number of carbonyl (C=O) groups excluding carboxylic acids is 2. The molecular formula is C15H14N2O4. The molecule has 0 saturated carbocycles. The number of rotatable bonds is 4. The topological polar surface area (TPSA) is 105 Å². The van der Waals surface area contributed by atoms with E-state index in [-0.39, 0.29) is 22.7 Å². The highest BCUT2D eigenvalue weighted by Crippen LogP contribution is 2.32. The first-order valence-corrected chi connectivity index (χ1v) is 6.07. The van der Waals surface area contributed by atoms with Crippen LogP contribution in [0.2, 0.25) is 0 Å². The van der Waals surface area contributed by atoms with Crippen molar-refractivity contribution in [3.8, 4) is 11.5 Å². The van der Waals surface area contributed by atoms with Crippen molar-refractivity contribution in [1.29, 1.82) is 0 Å². The molecule has 0 aromatic heterocycles. The van der Waals surface area contributed by atoms with Gasteiger partial charge in [-0.25, -0.2) is 4.79 Å². The van der Waals surface area contributed by atoms with E-state index in [1.54, 1.807) is 30.3 Å². The molecule has 2 aromatic rings. The van der Waals surface area contributed by atoms with Gasteiger partial charge >= 0.3 is 5.97 Å². The third-order valence-corrected chi connectivity index (χ3v) is 2.81. The molecular weight excluding hydrogens is 272 g/mol. The van der Waals surface area contributed by atoms with E-state index in [1.165, 1.54) is 19.2 Å². The Morgan fingerprint density at radius 1 is 1.05 bits per heavy atom. The third kappa shape index (κ3) is 3.11. The Morgan fingerprint density at radius 3 is 2.29 bits per heavy atom. The van der Waals surface area contributed by atoms with Crippen LogP contribution in [-0.2, 0) is 0 Å². The Bertz CT molecular complexity index is 684. The normalized spacial score (nSPS) is 9.95. The van der Waals surface area contributed by atoms with Gasteiger partial charge in [-0.15, -0.1) is 0 Å². The number of carbonyl (C=O) groups is 2. The molecule has 0 aliphatic carbocycles. The van der Waals surface area contributed by atoms with Gasteiger partial charge in [0, 0.05) is 11.8 Å². The van der Waals surface area contributed by atoms with Crippen LogP contribution in [0.1, 0.15) is 20.7 Å². The Balaban J connectivity index is 2.34. The van der Waals surface area contributed by atoms with Gasteiger partial charge in [0.1, 0.15) is 0 Å². The zero-order chi connectivity index (χ0) is 15.4. The molecule has 0 unspecified atom stereocenters. The monoisotopic (exact) mass is 286 g/mol. The molecule has 0 aliphatic rings. The van der Waals surface area contributed by atoms with Gasteiger partial charge < -0.3 is 20.9 Å². The molecule has 0 fully saturated rings. The van der Waals surface area contributed by atoms with E-state index >= 15 is 0 Å². The van der Waals surface area contributed by atoms with Crippen molar-refractivity contribution < 1.29 is 19.1 Å². The van der Waals surface area contributed by atoms with Gasteiger partial charge in [-0.1, -0.05) is 18.2 Å². The standard InChI is InChI=1S/C15H14N2O4/c1-20-12-7-10(14(17)18)11(16)8-13(12)21-15(19)9-5-3-2-4-6-9/h2-8H,16H2,1H3,(H2,17,18). The summed E-state index contributed by atoms with van der Waals surface area (Å²) in [5, 5.41) is 0. The third-order valence-electron chi connectivity index (χ3n) is 2.81. The second-order valence-electron chi connectivity index (χ2n) is 4.21. The minimum atomic E-state index is -0.688. The van der Waals surface area contributed by atoms with Crippen LogP contribution < -0.4 is 20.9 Å². The lowest BCUT2D eigenvalue weighted by Crippen LogP contribution is -2.15. The first-order valence-electron chi connectivity index (χ1n) is 6.07. The van der Waals surface area contributed by atoms with E-state index in [4.69, 9.17) is 20.9 Å². The van der Waals surface area contributed by atoms with Crippen molar-refractivity contribution in [3.05, 3.63) is 53.6 Å². The summed E-state index contributed by atoms with van der Waals surface area (Å²) in [6.45, 7) is 0. The first-order chi connectivity index (χ1) is 10.0. The average Bonchev–Trinajstić information content (AvgIpc) is 2.48. The summed E-state index contributed by atoms with van der Waals surface area (Å²) in [4.78, 5) is 23.2. The van der Waals surface area contributed by atoms with E-state index in [0.29, 0.717) is 5.56 Å². The number of benzene rings is 2. The summed E-state index contributed by atoms with van der Waals surface area (Å²) in [6, 6.07) is 11.1. The molecule has 0 bridgehead atoms. The molecule has 2 aromatic carbocycles. The van der Waals surface area contributed by atoms with Gasteiger partial charge in [0.15, 0.2) is 11.5 Å². The lowest BCUT2D eigenvalue weighted by atomic mass is 10.1. The van der Waals surface area contributed by atoms with E-state index in [9.17, 15) is 9.59 Å². The van der Waals surface area contributed by atoms with Crippen molar-refractivity contribution in [2.75, 3.05) is 12.8 Å². The van der Waals surface area contributed by atoms with Crippen molar-refractivity contribution in [2.45, 2.75) is 0 Å². The maximum Gasteiger partial charge on any atom is 0.343 e. The highest BCUT2D eigenvalue weighted by molar-refractivity contribution is 5.99. The van der Waals surface area contributed by atoms with Crippen LogP contribution >= 0.6 is 0 Å². The summed E-state index contributed by atoms with van der Waals surface area (Å²) in [5.41, 5.74) is 11.5. The smallest absolute Gasteiger partial charge is 0.343 e. The lowest BCUT2D eigenvalue weighted by Gasteiger charge is -2.12. The second-order valence-corrected chi connectivity index (χ2v) is 4.21. The van der Waals surface area contributed by atoms with Crippen LogP contribution in [0.5, 0.6) is 11.5 Å². The second kappa shape index (κ2) is 5.96. The zero-order valence-electron chi connectivity index (χ0n) is 11.3. The highest BCUT2D eigenvalue weighted by Gasteiger charge is 2.16. The van der Waals surface area contributed by atoms with Crippen LogP contribution in [0.4, 0.5) is 5.69 Å². The first kappa shape index (κ1) is 14.4. The number of nitrogen functional groups attached to an aromatic ring is 1. The summed E-state index contributed by atoms with van der Waals surface area (Å²) in [7, 11) is 1.39. The maximum atomic E-state index is 12.0. The van der Waals surface area contributed by atoms with Crippen molar-refractivity contribution in [1.82, 2.24) is 0 Å². The van der Waals surface area contributed by atoms with Crippen LogP contribution in [0.25, 0.3) is 0 Å². The number of ether oxygens (including phenoxy) is 2. The number of esters is 1. The van der Waals surface area contributed by atoms with Crippen molar-refractivity contribution in [3.63, 3.8) is 0 Å². The summed E-state index contributed by atoms with van der Waals surface area (Å²) < 4.78 is 10.3. The molecule has 6 heteroatoms. The number of hydrogen-bond acceptors (Lipinski definition) is 5. The maximum absolute atomic E-state index is 12.0. The fraction of sp³-hybridized carbons (Fsp3) is 0.0667. The fourth-order valence-corrected chi connectivity index (χ4v) is 1.76. The Morgan fingerprint density at radius 2 is 1.71 bits per heavy atom. The van der Waals surface area contributed by atoms with E-state index in [2.05, 4.69) is 0 Å². The molecule has 0 spiro atoms. The van der Waals surface area contributed by atoms with Gasteiger partial charge in [0.25, 0.3) is 5.91 Å². The molecule has 0 heterocycles. The van der Waals surface area contributed by atoms with Gasteiger partial charge in [-0.2, -0.15) is 0 Å². The molecule has 0 radical (unpaired) electrons. The van der Waals surface area contributed by atoms with Gasteiger partial charge in [0.05, 0.1) is 18.2 Å². The molecule has 1 amide bonds. The van der Waals surface area contributed by atoms with Gasteiger partial charge in [0.2, 0.25) is 0 Å². The van der Waals surface area contributed by atoms with E-state index in [0.717, 1.165) is 0 Å². The molecule has 0 saturated heterocycles. The number of hydrogen-bond donors (Lipinski definition) is 2. The molecule has 4 N–H and O–H groups in total. The van der Waals surface area contributed by atoms with Gasteiger partial charge in [-0.3, -0.25) is 4.79 Å². The fourth-order valence-electron chi connectivity index (χ4n) is 1.76. The zero-order valence-corrected chi connectivity index (χ0v) is 11.3. The Labute approximate surface area is 121 Å². The van der Waals surface area contributed by atoms with Crippen molar-refractivity contribution >= 4 is 17.6 Å². The average molecular weight is 286 g/mol. The number of anilines is 1. The SMILES string of the molecule is COc1cc(C(N)=O)c(N)cc1OC(=O)c1ccccc1. The van der Waals surface area contributed by atoms with E-state index in [1.807, 2.05) is 0 Å². The number of primary amides is 1. The predicted octanol–water partition coefficient (Wildman–Crippen LogP) is 1.60. The van der Waals surface area contributed by atoms with E-state index < -0.39 is 11.9 Å². The van der Waals surface area contributed by atoms with Crippen LogP contribution in [0.15, 0.2) is 42.5 Å². The number of amides is 1. The number of nitrogens with two attached hydrogens (primary N) is 2. The quantitative estimate of drug-likeness (QED) is 0.504. The minimum absolute atomic E-state index is 0.103. The summed E-state index contributed by atoms with van der Waals surface area (Å²) in [5.74, 6) is -0.928. The van der Waals surface area contributed by atoms with Crippen LogP contribution in [0, 0.1) is 0 Å². The molecule has 21 heavy (non-hydrogen) atoms. The molecule has 0 atom stereocenters. The van der Waals surface area contributed by atoms with Crippen molar-refractivity contribution in [2.24, 2.45) is 5.73 Å².